The van der Waals surface area contributed by atoms with Crippen LogP contribution in [0, 0.1) is 29.7 Å². The molecule has 0 fully saturated rings. The number of unbranched alkanes of at least 4 members (excludes halogenated alkanes) is 3. The summed E-state index contributed by atoms with van der Waals surface area (Å²) in [7, 11) is 0. The maximum absolute atomic E-state index is 14.7. The molecule has 3 rings (SSSR count). The molecule has 9 atom stereocenters. The average Bonchev–Trinajstić information content (AvgIpc) is 1.86. The molecule has 2 aromatic heterocycles. The van der Waals surface area contributed by atoms with Crippen LogP contribution < -0.4 is 71.2 Å². The summed E-state index contributed by atoms with van der Waals surface area (Å²) in [6.07, 6.45) is 15.8. The third kappa shape index (κ3) is 28.0. The summed E-state index contributed by atoms with van der Waals surface area (Å²) in [6, 6.07) is 2.04. The van der Waals surface area contributed by atoms with E-state index in [1.165, 1.54) is 24.2 Å². The van der Waals surface area contributed by atoms with Gasteiger partial charge in [-0.2, -0.15) is 5.53 Å². The van der Waals surface area contributed by atoms with Crippen LogP contribution in [0.4, 0.5) is 0 Å². The highest BCUT2D eigenvalue weighted by Gasteiger charge is 2.35. The number of nitrogens with zero attached hydrogens (tertiary/aromatic N) is 2. The second-order valence-electron chi connectivity index (χ2n) is 23.1. The molecule has 0 spiro atoms. The van der Waals surface area contributed by atoms with Crippen LogP contribution in [-0.2, 0) is 60.8 Å². The minimum Gasteiger partial charge on any atom is -0.368 e. The third-order valence-electron chi connectivity index (χ3n) is 14.6. The van der Waals surface area contributed by atoms with Crippen molar-refractivity contribution in [3.8, 4) is 12.3 Å². The van der Waals surface area contributed by atoms with Crippen molar-refractivity contribution in [1.82, 2.24) is 57.5 Å². The van der Waals surface area contributed by atoms with E-state index in [1.807, 2.05) is 44.2 Å². The van der Waals surface area contributed by atoms with Gasteiger partial charge in [0.05, 0.1) is 12.1 Å². The Balaban J connectivity index is 1.96. The Bertz CT molecular complexity index is 2990. The largest absolute Gasteiger partial charge is 0.368 e. The van der Waals surface area contributed by atoms with Gasteiger partial charge in [0.15, 0.2) is 0 Å². The number of rotatable bonds is 44. The summed E-state index contributed by atoms with van der Waals surface area (Å²) in [4.78, 5) is 142. The molecule has 1 aromatic carbocycles. The molecule has 0 saturated heterocycles. The molecule has 0 bridgehead atoms. The van der Waals surface area contributed by atoms with E-state index in [-0.39, 0.29) is 83.3 Å². The van der Waals surface area contributed by atoms with Crippen LogP contribution in [0.15, 0.2) is 78.7 Å². The SMILES string of the molecule is C#CCC(N)C(=O)NCCCCC(NC(C)=O)C(=O)NC(Cc1cc2ccccc2[nH]1)C(=O)NC(CCCCN)C(=O)NC(C(=O)NC(CCCCN(C=CCC(N)C(N)=O)N=N)C(=O)NC(CC(C)C)C(=O)NC(Cc1ccc(C=CC=C)[nH]1)C(N)=O)C(C)C. The first-order valence-electron chi connectivity index (χ1n) is 30.8. The molecule has 0 aliphatic carbocycles. The number of allylic oxidation sites excluding steroid dienone is 2. The highest BCUT2D eigenvalue weighted by molar-refractivity contribution is 5.98. The van der Waals surface area contributed by atoms with Crippen molar-refractivity contribution < 1.29 is 47.9 Å². The molecular formula is C63H96N18O10. The van der Waals surface area contributed by atoms with E-state index in [4.69, 9.17) is 40.6 Å². The number of nitrogens with two attached hydrogens (primary N) is 5. The maximum Gasteiger partial charge on any atom is 0.243 e. The minimum atomic E-state index is -1.34. The number of H-pyrrole nitrogens is 2. The number of nitrogens with one attached hydrogen (secondary N) is 11. The number of hydrogen-bond donors (Lipinski definition) is 16. The molecule has 28 nitrogen and oxygen atoms in total. The quantitative estimate of drug-likeness (QED) is 0.0123. The monoisotopic (exact) mass is 1260 g/mol. The third-order valence-corrected chi connectivity index (χ3v) is 14.6. The summed E-state index contributed by atoms with van der Waals surface area (Å²) >= 11 is 0. The van der Waals surface area contributed by atoms with Gasteiger partial charge in [0, 0.05) is 68.1 Å². The lowest BCUT2D eigenvalue weighted by atomic mass is 9.99. The first kappa shape index (κ1) is 76.0. The van der Waals surface area contributed by atoms with Gasteiger partial charge in [-0.25, -0.2) is 0 Å². The van der Waals surface area contributed by atoms with Crippen molar-refractivity contribution in [2.75, 3.05) is 19.6 Å². The molecule has 0 aliphatic heterocycles. The van der Waals surface area contributed by atoms with Gasteiger partial charge in [0.2, 0.25) is 59.1 Å². The summed E-state index contributed by atoms with van der Waals surface area (Å²) in [5, 5.41) is 27.6. The summed E-state index contributed by atoms with van der Waals surface area (Å²) < 4.78 is 0. The number of aromatic amines is 2. The highest BCUT2D eigenvalue weighted by Crippen LogP contribution is 2.18. The van der Waals surface area contributed by atoms with Crippen molar-refractivity contribution >= 4 is 76.1 Å². The Morgan fingerprint density at radius 1 is 0.670 bits per heavy atom. The number of fused-ring (bicyclic) bond motifs is 1. The zero-order chi connectivity index (χ0) is 67.6. The topological polar surface area (TPSA) is 468 Å². The predicted octanol–water partition coefficient (Wildman–Crippen LogP) is 0.982. The number of terminal acetylenes is 1. The van der Waals surface area contributed by atoms with Crippen LogP contribution in [0.5, 0.6) is 0 Å². The summed E-state index contributed by atoms with van der Waals surface area (Å²) in [5.41, 5.74) is 38.8. The van der Waals surface area contributed by atoms with E-state index in [0.29, 0.717) is 49.2 Å². The van der Waals surface area contributed by atoms with Crippen LogP contribution in [0.3, 0.4) is 0 Å². The Morgan fingerprint density at radius 3 is 1.84 bits per heavy atom. The number of hydrogen-bond acceptors (Lipinski definition) is 15. The molecule has 0 saturated carbocycles. The summed E-state index contributed by atoms with van der Waals surface area (Å²) in [5.74, 6) is -5.45. The fourth-order valence-electron chi connectivity index (χ4n) is 9.61. The molecule has 10 amide bonds. The van der Waals surface area contributed by atoms with E-state index in [0.717, 1.165) is 10.9 Å². The van der Waals surface area contributed by atoms with Crippen molar-refractivity contribution in [1.29, 1.82) is 5.53 Å². The maximum atomic E-state index is 14.7. The van der Waals surface area contributed by atoms with Crippen molar-refractivity contribution in [3.63, 3.8) is 0 Å². The van der Waals surface area contributed by atoms with E-state index in [2.05, 4.69) is 70.2 Å². The van der Waals surface area contributed by atoms with E-state index < -0.39 is 119 Å². The molecule has 0 aliphatic rings. The van der Waals surface area contributed by atoms with Gasteiger partial charge in [-0.3, -0.25) is 53.0 Å². The van der Waals surface area contributed by atoms with Crippen LogP contribution in [0.2, 0.25) is 0 Å². The molecule has 0 radical (unpaired) electrons. The number of para-hydroxylation sites is 1. The number of aromatic nitrogens is 2. The molecule has 28 heteroatoms. The predicted molar refractivity (Wildman–Crippen MR) is 346 cm³/mol. The second-order valence-corrected chi connectivity index (χ2v) is 23.1. The highest BCUT2D eigenvalue weighted by atomic mass is 16.2. The first-order chi connectivity index (χ1) is 43.3. The van der Waals surface area contributed by atoms with Crippen molar-refractivity contribution in [3.05, 3.63) is 90.6 Å². The van der Waals surface area contributed by atoms with Gasteiger partial charge in [0.25, 0.3) is 0 Å². The van der Waals surface area contributed by atoms with Gasteiger partial charge >= 0.3 is 0 Å². The second kappa shape index (κ2) is 40.4. The molecule has 2 heterocycles. The normalized spacial score (nSPS) is 14.3. The number of benzene rings is 1. The Labute approximate surface area is 532 Å². The Kier molecular flexibility index (Phi) is 33.8. The lowest BCUT2D eigenvalue weighted by Crippen LogP contribution is -2.61. The zero-order valence-corrected chi connectivity index (χ0v) is 52.9. The van der Waals surface area contributed by atoms with E-state index >= 15 is 0 Å². The molecule has 3 aromatic rings. The van der Waals surface area contributed by atoms with Gasteiger partial charge in [0.1, 0.15) is 42.3 Å². The molecule has 91 heavy (non-hydrogen) atoms. The smallest absolute Gasteiger partial charge is 0.243 e. The number of carbonyl (C=O) groups excluding carboxylic acids is 10. The number of primary amides is 2. The van der Waals surface area contributed by atoms with E-state index in [1.54, 1.807) is 44.2 Å². The number of carbonyl (C=O) groups is 10. The minimum absolute atomic E-state index is 0.00128. The molecule has 498 valence electrons. The van der Waals surface area contributed by atoms with Crippen LogP contribution in [-0.4, -0.2) is 148 Å². The Morgan fingerprint density at radius 2 is 1.24 bits per heavy atom. The fraction of sp³-hybridized carbons (Fsp3) is 0.524. The fourth-order valence-corrected chi connectivity index (χ4v) is 9.61. The lowest BCUT2D eigenvalue weighted by molar-refractivity contribution is -0.136. The van der Waals surface area contributed by atoms with Gasteiger partial charge in [-0.15, -0.1) is 12.3 Å². The number of amides is 10. The lowest BCUT2D eigenvalue weighted by Gasteiger charge is -2.29. The van der Waals surface area contributed by atoms with Gasteiger partial charge in [-0.05, 0) is 125 Å². The van der Waals surface area contributed by atoms with Gasteiger partial charge < -0.3 is 81.2 Å². The first-order valence-corrected chi connectivity index (χ1v) is 30.8. The van der Waals surface area contributed by atoms with Crippen LogP contribution in [0.25, 0.3) is 17.0 Å². The summed E-state index contributed by atoms with van der Waals surface area (Å²) in [6.45, 7) is 12.5. The molecule has 9 unspecified atom stereocenters. The average molecular weight is 1270 g/mol. The molecule has 21 N–H and O–H groups in total. The molecular weight excluding hydrogens is 1170 g/mol. The van der Waals surface area contributed by atoms with E-state index in [9.17, 15) is 47.9 Å². The Hall–Kier alpha value is -9.20. The van der Waals surface area contributed by atoms with Crippen LogP contribution >= 0.6 is 0 Å². The zero-order valence-electron chi connectivity index (χ0n) is 52.9. The van der Waals surface area contributed by atoms with Crippen LogP contribution in [0.1, 0.15) is 129 Å². The van der Waals surface area contributed by atoms with Crippen molar-refractivity contribution in [2.45, 2.75) is 179 Å². The standard InChI is InChI=1S/C63H96N18O10/c1-8-10-22-42-28-29-43(72-42)36-51(56(68)84)76-61(89)52(34-38(3)4)77-59(87)49(27-15-18-32-81(80-69)33-19-23-45(65)55(67)83)75-63(91)54(39(5)6)79-60(88)50(25-13-16-30-64)74-62(90)53(37-44-35-41-21-11-12-24-47(41)73-44)78-58(86)48(71-40(7)82)26-14-17-31-70-57(85)46(66)20-9-2/h2,8,10-12,19,21-22,24,28-29,33,35,38-39,45-46,48-54,69,72-73H,1,13-18,20,23,25-27,30-32,34,36-37,64-66H2,3-7H3,(H2,67,83)(H2,68,84)(H,70,85)(H,71,82)(H,74,90)(H,75,91)(H,76,89)(H,77,87)(H,78,86)(H,79,88). The van der Waals surface area contributed by atoms with Crippen molar-refractivity contribution in [2.24, 2.45) is 45.7 Å². The van der Waals surface area contributed by atoms with Gasteiger partial charge in [-0.1, -0.05) is 75.9 Å².